The summed E-state index contributed by atoms with van der Waals surface area (Å²) in [5.41, 5.74) is 1.02. The van der Waals surface area contributed by atoms with Crippen LogP contribution in [0.4, 0.5) is 4.79 Å². The molecule has 1 aliphatic rings. The molecular formula is C15H22N2O2. The summed E-state index contributed by atoms with van der Waals surface area (Å²) in [7, 11) is 1.83. The van der Waals surface area contributed by atoms with Gasteiger partial charge >= 0.3 is 6.09 Å². The predicted molar refractivity (Wildman–Crippen MR) is 74.9 cm³/mol. The molecule has 0 spiro atoms. The molecule has 1 aliphatic heterocycles. The van der Waals surface area contributed by atoms with Crippen LogP contribution < -0.4 is 5.32 Å². The molecule has 0 aromatic heterocycles. The fourth-order valence-electron chi connectivity index (χ4n) is 2.43. The van der Waals surface area contributed by atoms with E-state index in [1.54, 1.807) is 4.90 Å². The zero-order valence-corrected chi connectivity index (χ0v) is 11.6. The lowest BCUT2D eigenvalue weighted by Crippen LogP contribution is -2.47. The Bertz CT molecular complexity index is 408. The molecule has 0 bridgehead atoms. The molecule has 1 heterocycles. The number of piperidine rings is 1. The number of rotatable bonds is 3. The summed E-state index contributed by atoms with van der Waals surface area (Å²) in [5.74, 6) is 0. The maximum Gasteiger partial charge on any atom is 0.410 e. The van der Waals surface area contributed by atoms with E-state index in [2.05, 4.69) is 12.2 Å². The van der Waals surface area contributed by atoms with Crippen LogP contribution in [0.25, 0.3) is 0 Å². The number of nitrogens with zero attached hydrogens (tertiary/aromatic N) is 1. The van der Waals surface area contributed by atoms with Gasteiger partial charge in [-0.2, -0.15) is 0 Å². The van der Waals surface area contributed by atoms with E-state index >= 15 is 0 Å². The molecule has 4 heteroatoms. The largest absolute Gasteiger partial charge is 0.445 e. The lowest BCUT2D eigenvalue weighted by atomic mass is 10.00. The number of ether oxygens (including phenoxy) is 1. The van der Waals surface area contributed by atoms with Crippen molar-refractivity contribution in [3.8, 4) is 0 Å². The first-order valence-electron chi connectivity index (χ1n) is 6.83. The van der Waals surface area contributed by atoms with E-state index in [1.807, 2.05) is 37.4 Å². The molecule has 0 aliphatic carbocycles. The van der Waals surface area contributed by atoms with Gasteiger partial charge in [-0.05, 0) is 31.9 Å². The van der Waals surface area contributed by atoms with Crippen molar-refractivity contribution in [2.45, 2.75) is 38.5 Å². The molecule has 4 nitrogen and oxygen atoms in total. The van der Waals surface area contributed by atoms with Crippen molar-refractivity contribution in [3.05, 3.63) is 35.9 Å². The first kappa shape index (κ1) is 13.9. The molecule has 0 unspecified atom stereocenters. The van der Waals surface area contributed by atoms with Gasteiger partial charge in [0.25, 0.3) is 0 Å². The van der Waals surface area contributed by atoms with Gasteiger partial charge in [0.05, 0.1) is 0 Å². The van der Waals surface area contributed by atoms with Crippen molar-refractivity contribution < 1.29 is 9.53 Å². The smallest absolute Gasteiger partial charge is 0.410 e. The van der Waals surface area contributed by atoms with Crippen molar-refractivity contribution in [3.63, 3.8) is 0 Å². The number of benzene rings is 1. The second kappa shape index (κ2) is 6.57. The molecule has 1 fully saturated rings. The molecule has 1 aromatic carbocycles. The van der Waals surface area contributed by atoms with Crippen LogP contribution in [-0.4, -0.2) is 36.7 Å². The topological polar surface area (TPSA) is 41.6 Å². The van der Waals surface area contributed by atoms with E-state index in [1.165, 1.54) is 0 Å². The summed E-state index contributed by atoms with van der Waals surface area (Å²) in [6.07, 6.45) is 1.74. The third kappa shape index (κ3) is 3.96. The summed E-state index contributed by atoms with van der Waals surface area (Å²) in [5, 5.41) is 3.38. The molecule has 1 N–H and O–H groups in total. The van der Waals surface area contributed by atoms with E-state index < -0.39 is 0 Å². The average Bonchev–Trinajstić information content (AvgIpc) is 2.45. The minimum Gasteiger partial charge on any atom is -0.445 e. The van der Waals surface area contributed by atoms with Crippen molar-refractivity contribution in [1.29, 1.82) is 0 Å². The van der Waals surface area contributed by atoms with Crippen molar-refractivity contribution in [2.24, 2.45) is 0 Å². The number of carbonyl (C=O) groups is 1. The zero-order chi connectivity index (χ0) is 13.7. The van der Waals surface area contributed by atoms with Crippen LogP contribution in [0.3, 0.4) is 0 Å². The summed E-state index contributed by atoms with van der Waals surface area (Å²) in [6, 6.07) is 10.5. The van der Waals surface area contributed by atoms with Gasteiger partial charge in [0.2, 0.25) is 0 Å². The fourth-order valence-corrected chi connectivity index (χ4v) is 2.43. The SMILES string of the molecule is C[C@H]1C[C@@H](N(C)C(=O)OCc2ccccc2)CCN1. The molecule has 1 amide bonds. The first-order valence-corrected chi connectivity index (χ1v) is 6.83. The zero-order valence-electron chi connectivity index (χ0n) is 11.6. The van der Waals surface area contributed by atoms with Gasteiger partial charge in [-0.3, -0.25) is 0 Å². The van der Waals surface area contributed by atoms with Crippen LogP contribution in [0.15, 0.2) is 30.3 Å². The minimum absolute atomic E-state index is 0.233. The Hall–Kier alpha value is -1.55. The molecule has 19 heavy (non-hydrogen) atoms. The van der Waals surface area contributed by atoms with Gasteiger partial charge in [0.1, 0.15) is 6.61 Å². The van der Waals surface area contributed by atoms with Crippen LogP contribution in [0.5, 0.6) is 0 Å². The minimum atomic E-state index is -0.233. The van der Waals surface area contributed by atoms with E-state index in [-0.39, 0.29) is 12.1 Å². The van der Waals surface area contributed by atoms with Crippen LogP contribution in [0.1, 0.15) is 25.3 Å². The predicted octanol–water partition coefficient (Wildman–Crippen LogP) is 2.40. The maximum absolute atomic E-state index is 12.0. The fraction of sp³-hybridized carbons (Fsp3) is 0.533. The molecule has 2 atom stereocenters. The average molecular weight is 262 g/mol. The van der Waals surface area contributed by atoms with E-state index in [4.69, 9.17) is 4.74 Å². The Morgan fingerprint density at radius 1 is 1.42 bits per heavy atom. The summed E-state index contributed by atoms with van der Waals surface area (Å²) < 4.78 is 5.34. The third-order valence-electron chi connectivity index (χ3n) is 3.64. The lowest BCUT2D eigenvalue weighted by molar-refractivity contribution is 0.0818. The number of hydrogen-bond acceptors (Lipinski definition) is 3. The van der Waals surface area contributed by atoms with Crippen molar-refractivity contribution >= 4 is 6.09 Å². The molecule has 2 rings (SSSR count). The quantitative estimate of drug-likeness (QED) is 0.909. The molecular weight excluding hydrogens is 240 g/mol. The number of hydrogen-bond donors (Lipinski definition) is 1. The maximum atomic E-state index is 12.0. The number of amides is 1. The number of nitrogens with one attached hydrogen (secondary N) is 1. The Labute approximate surface area is 114 Å². The van der Waals surface area contributed by atoms with Crippen LogP contribution in [0, 0.1) is 0 Å². The molecule has 104 valence electrons. The standard InChI is InChI=1S/C15H22N2O2/c1-12-10-14(8-9-16-12)17(2)15(18)19-11-13-6-4-3-5-7-13/h3-7,12,14,16H,8-11H2,1-2H3/t12-,14-/m0/s1. The number of carbonyl (C=O) groups excluding carboxylic acids is 1. The van der Waals surface area contributed by atoms with Crippen LogP contribution in [0.2, 0.25) is 0 Å². The molecule has 0 radical (unpaired) electrons. The van der Waals surface area contributed by atoms with Crippen LogP contribution >= 0.6 is 0 Å². The van der Waals surface area contributed by atoms with Gasteiger partial charge in [-0.25, -0.2) is 4.79 Å². The molecule has 1 saturated heterocycles. The summed E-state index contributed by atoms with van der Waals surface area (Å²) in [6.45, 7) is 3.45. The van der Waals surface area contributed by atoms with Gasteiger partial charge in [0.15, 0.2) is 0 Å². The lowest BCUT2D eigenvalue weighted by Gasteiger charge is -2.34. The Kier molecular flexibility index (Phi) is 4.80. The second-order valence-electron chi connectivity index (χ2n) is 5.18. The van der Waals surface area contributed by atoms with Crippen molar-refractivity contribution in [2.75, 3.05) is 13.6 Å². The third-order valence-corrected chi connectivity index (χ3v) is 3.64. The summed E-state index contributed by atoms with van der Waals surface area (Å²) in [4.78, 5) is 13.7. The highest BCUT2D eigenvalue weighted by Crippen LogP contribution is 2.15. The van der Waals surface area contributed by atoms with Gasteiger partial charge < -0.3 is 15.0 Å². The van der Waals surface area contributed by atoms with Gasteiger partial charge in [-0.1, -0.05) is 30.3 Å². The summed E-state index contributed by atoms with van der Waals surface area (Å²) >= 11 is 0. The van der Waals surface area contributed by atoms with E-state index in [9.17, 15) is 4.79 Å². The highest BCUT2D eigenvalue weighted by atomic mass is 16.6. The Morgan fingerprint density at radius 2 is 2.16 bits per heavy atom. The Morgan fingerprint density at radius 3 is 2.84 bits per heavy atom. The van der Waals surface area contributed by atoms with Gasteiger partial charge in [-0.15, -0.1) is 0 Å². The monoisotopic (exact) mass is 262 g/mol. The van der Waals surface area contributed by atoms with E-state index in [0.717, 1.165) is 24.9 Å². The van der Waals surface area contributed by atoms with Crippen LogP contribution in [-0.2, 0) is 11.3 Å². The van der Waals surface area contributed by atoms with Gasteiger partial charge in [0, 0.05) is 19.1 Å². The molecule has 1 aromatic rings. The first-order chi connectivity index (χ1) is 9.16. The van der Waals surface area contributed by atoms with Crippen molar-refractivity contribution in [1.82, 2.24) is 10.2 Å². The van der Waals surface area contributed by atoms with E-state index in [0.29, 0.717) is 12.6 Å². The molecule has 0 saturated carbocycles. The normalized spacial score (nSPS) is 22.8. The Balaban J connectivity index is 1.82. The highest BCUT2D eigenvalue weighted by Gasteiger charge is 2.25. The highest BCUT2D eigenvalue weighted by molar-refractivity contribution is 5.67. The second-order valence-corrected chi connectivity index (χ2v) is 5.18.